The van der Waals surface area contributed by atoms with Gasteiger partial charge in [0, 0.05) is 19.5 Å². The zero-order chi connectivity index (χ0) is 17.1. The molecular weight excluding hydrogens is 288 g/mol. The summed E-state index contributed by atoms with van der Waals surface area (Å²) in [5, 5.41) is 2.93. The van der Waals surface area contributed by atoms with Crippen LogP contribution >= 0.6 is 0 Å². The van der Waals surface area contributed by atoms with Crippen LogP contribution in [-0.4, -0.2) is 29.8 Å². The Hall–Kier alpha value is -1.84. The molecular formula is C19H30N2O2. The van der Waals surface area contributed by atoms with Crippen molar-refractivity contribution in [3.05, 3.63) is 35.9 Å². The molecule has 1 aromatic carbocycles. The van der Waals surface area contributed by atoms with E-state index in [1.807, 2.05) is 42.2 Å². The molecule has 4 nitrogen and oxygen atoms in total. The molecule has 2 amide bonds. The molecule has 23 heavy (non-hydrogen) atoms. The number of nitrogens with zero attached hydrogens (tertiary/aromatic N) is 1. The molecule has 0 saturated heterocycles. The molecule has 4 heteroatoms. The predicted molar refractivity (Wildman–Crippen MR) is 94.4 cm³/mol. The summed E-state index contributed by atoms with van der Waals surface area (Å²) in [7, 11) is 0. The number of urea groups is 1. The second-order valence-corrected chi connectivity index (χ2v) is 5.81. The lowest BCUT2D eigenvalue weighted by molar-refractivity contribution is -0.120. The van der Waals surface area contributed by atoms with Gasteiger partial charge in [-0.25, -0.2) is 4.79 Å². The van der Waals surface area contributed by atoms with Crippen LogP contribution in [0.4, 0.5) is 4.79 Å². The zero-order valence-corrected chi connectivity index (χ0v) is 14.7. The Labute approximate surface area is 140 Å². The Balaban J connectivity index is 2.79. The number of rotatable bonds is 10. The molecule has 1 aromatic rings. The number of hydrogen-bond acceptors (Lipinski definition) is 2. The largest absolute Gasteiger partial charge is 0.325 e. The molecule has 0 fully saturated rings. The van der Waals surface area contributed by atoms with Crippen molar-refractivity contribution in [1.82, 2.24) is 10.2 Å². The number of ketones is 1. The Kier molecular flexibility index (Phi) is 9.03. The standard InChI is InChI=1S/C19H30N2O2/c1-4-7-11-15-21(14-5-2)19(23)20-18(17(22)6-3)16-12-9-8-10-13-16/h8-10,12-13,18H,4-7,11,14-15H2,1-3H3,(H,20,23). The van der Waals surface area contributed by atoms with Crippen LogP contribution < -0.4 is 5.32 Å². The van der Waals surface area contributed by atoms with E-state index in [0.29, 0.717) is 6.42 Å². The van der Waals surface area contributed by atoms with E-state index in [1.54, 1.807) is 0 Å². The topological polar surface area (TPSA) is 49.4 Å². The summed E-state index contributed by atoms with van der Waals surface area (Å²) in [6.07, 6.45) is 4.56. The Morgan fingerprint density at radius 3 is 2.26 bits per heavy atom. The van der Waals surface area contributed by atoms with E-state index < -0.39 is 6.04 Å². The van der Waals surface area contributed by atoms with Crippen LogP contribution in [0.25, 0.3) is 0 Å². The van der Waals surface area contributed by atoms with Crippen molar-refractivity contribution in [2.45, 2.75) is 58.9 Å². The number of unbranched alkanes of at least 4 members (excludes halogenated alkanes) is 2. The number of nitrogens with one attached hydrogen (secondary N) is 1. The monoisotopic (exact) mass is 318 g/mol. The summed E-state index contributed by atoms with van der Waals surface area (Å²) in [5.74, 6) is 0.0366. The van der Waals surface area contributed by atoms with Crippen LogP contribution in [0.1, 0.15) is 64.5 Å². The van der Waals surface area contributed by atoms with Gasteiger partial charge in [-0.1, -0.05) is 63.9 Å². The van der Waals surface area contributed by atoms with Gasteiger partial charge in [0.2, 0.25) is 0 Å². The summed E-state index contributed by atoms with van der Waals surface area (Å²) in [5.41, 5.74) is 0.845. The molecule has 0 radical (unpaired) electrons. The lowest BCUT2D eigenvalue weighted by atomic mass is 10.0. The molecule has 0 saturated carbocycles. The SMILES string of the molecule is CCCCCN(CCC)C(=O)NC(C(=O)CC)c1ccccc1. The second kappa shape index (κ2) is 10.8. The quantitative estimate of drug-likeness (QED) is 0.653. The summed E-state index contributed by atoms with van der Waals surface area (Å²) in [4.78, 5) is 26.7. The minimum atomic E-state index is -0.556. The molecule has 1 rings (SSSR count). The van der Waals surface area contributed by atoms with Crippen molar-refractivity contribution in [1.29, 1.82) is 0 Å². The minimum absolute atomic E-state index is 0.0366. The first-order valence-electron chi connectivity index (χ1n) is 8.77. The normalized spacial score (nSPS) is 11.8. The smallest absolute Gasteiger partial charge is 0.318 e. The third-order valence-corrected chi connectivity index (χ3v) is 3.88. The minimum Gasteiger partial charge on any atom is -0.325 e. The van der Waals surface area contributed by atoms with Gasteiger partial charge in [0.25, 0.3) is 0 Å². The first-order valence-corrected chi connectivity index (χ1v) is 8.77. The van der Waals surface area contributed by atoms with E-state index in [9.17, 15) is 9.59 Å². The third kappa shape index (κ3) is 6.43. The molecule has 0 aliphatic carbocycles. The Morgan fingerprint density at radius 1 is 1.00 bits per heavy atom. The highest BCUT2D eigenvalue weighted by Crippen LogP contribution is 2.16. The number of amides is 2. The van der Waals surface area contributed by atoms with E-state index >= 15 is 0 Å². The van der Waals surface area contributed by atoms with Crippen LogP contribution in [0, 0.1) is 0 Å². The first kappa shape index (κ1) is 19.2. The van der Waals surface area contributed by atoms with Crippen LogP contribution in [0.3, 0.4) is 0 Å². The lowest BCUT2D eigenvalue weighted by Crippen LogP contribution is -2.44. The van der Waals surface area contributed by atoms with Gasteiger partial charge in [0.15, 0.2) is 5.78 Å². The van der Waals surface area contributed by atoms with Crippen molar-refractivity contribution in [2.24, 2.45) is 0 Å². The molecule has 0 heterocycles. The fourth-order valence-corrected chi connectivity index (χ4v) is 2.55. The molecule has 1 N–H and O–H groups in total. The van der Waals surface area contributed by atoms with Crippen molar-refractivity contribution in [2.75, 3.05) is 13.1 Å². The number of benzene rings is 1. The van der Waals surface area contributed by atoms with Crippen LogP contribution in [-0.2, 0) is 4.79 Å². The van der Waals surface area contributed by atoms with Gasteiger partial charge in [-0.15, -0.1) is 0 Å². The maximum Gasteiger partial charge on any atom is 0.318 e. The van der Waals surface area contributed by atoms with Crippen molar-refractivity contribution in [3.63, 3.8) is 0 Å². The number of carbonyl (C=O) groups is 2. The summed E-state index contributed by atoms with van der Waals surface area (Å²) >= 11 is 0. The molecule has 0 spiro atoms. The molecule has 1 atom stereocenters. The fourth-order valence-electron chi connectivity index (χ4n) is 2.55. The Bertz CT molecular complexity index is 474. The molecule has 0 aliphatic heterocycles. The van der Waals surface area contributed by atoms with Crippen LogP contribution in [0.15, 0.2) is 30.3 Å². The second-order valence-electron chi connectivity index (χ2n) is 5.81. The predicted octanol–water partition coefficient (Wildman–Crippen LogP) is 4.32. The number of carbonyl (C=O) groups excluding carboxylic acids is 2. The summed E-state index contributed by atoms with van der Waals surface area (Å²) in [6, 6.07) is 8.77. The van der Waals surface area contributed by atoms with Crippen LogP contribution in [0.5, 0.6) is 0 Å². The third-order valence-electron chi connectivity index (χ3n) is 3.88. The van der Waals surface area contributed by atoms with Crippen molar-refractivity contribution < 1.29 is 9.59 Å². The van der Waals surface area contributed by atoms with E-state index in [1.165, 1.54) is 0 Å². The maximum atomic E-state index is 12.6. The van der Waals surface area contributed by atoms with E-state index in [-0.39, 0.29) is 11.8 Å². The van der Waals surface area contributed by atoms with Gasteiger partial charge in [-0.05, 0) is 18.4 Å². The lowest BCUT2D eigenvalue weighted by Gasteiger charge is -2.26. The molecule has 0 bridgehead atoms. The molecule has 0 aromatic heterocycles. The van der Waals surface area contributed by atoms with Gasteiger partial charge < -0.3 is 10.2 Å². The van der Waals surface area contributed by atoms with Crippen LogP contribution in [0.2, 0.25) is 0 Å². The number of hydrogen-bond donors (Lipinski definition) is 1. The molecule has 0 aliphatic rings. The fraction of sp³-hybridized carbons (Fsp3) is 0.579. The van der Waals surface area contributed by atoms with E-state index in [4.69, 9.17) is 0 Å². The highest BCUT2D eigenvalue weighted by molar-refractivity contribution is 5.89. The highest BCUT2D eigenvalue weighted by Gasteiger charge is 2.23. The Morgan fingerprint density at radius 2 is 1.70 bits per heavy atom. The van der Waals surface area contributed by atoms with Crippen molar-refractivity contribution in [3.8, 4) is 0 Å². The average Bonchev–Trinajstić information content (AvgIpc) is 2.59. The van der Waals surface area contributed by atoms with E-state index in [2.05, 4.69) is 19.2 Å². The maximum absolute atomic E-state index is 12.6. The van der Waals surface area contributed by atoms with Crippen molar-refractivity contribution >= 4 is 11.8 Å². The van der Waals surface area contributed by atoms with Gasteiger partial charge in [-0.2, -0.15) is 0 Å². The van der Waals surface area contributed by atoms with Gasteiger partial charge >= 0.3 is 6.03 Å². The van der Waals surface area contributed by atoms with E-state index in [0.717, 1.165) is 44.3 Å². The summed E-state index contributed by atoms with van der Waals surface area (Å²) < 4.78 is 0. The zero-order valence-electron chi connectivity index (χ0n) is 14.7. The van der Waals surface area contributed by atoms with Gasteiger partial charge in [0.05, 0.1) is 0 Å². The van der Waals surface area contributed by atoms with Gasteiger partial charge in [0.1, 0.15) is 6.04 Å². The molecule has 1 unspecified atom stereocenters. The highest BCUT2D eigenvalue weighted by atomic mass is 16.2. The first-order chi connectivity index (χ1) is 11.1. The average molecular weight is 318 g/mol. The number of Topliss-reactive ketones (excluding diaryl/α,β-unsaturated/α-hetero) is 1. The summed E-state index contributed by atoms with van der Waals surface area (Å²) in [6.45, 7) is 7.50. The van der Waals surface area contributed by atoms with Gasteiger partial charge in [-0.3, -0.25) is 4.79 Å². The molecule has 128 valence electrons.